The summed E-state index contributed by atoms with van der Waals surface area (Å²) in [4.78, 5) is 30.5. The van der Waals surface area contributed by atoms with Gasteiger partial charge in [0.05, 0.1) is 6.26 Å². The molecule has 4 rings (SSSR count). The van der Waals surface area contributed by atoms with Crippen LogP contribution in [0.3, 0.4) is 0 Å². The van der Waals surface area contributed by atoms with E-state index >= 15 is 0 Å². The third-order valence-corrected chi connectivity index (χ3v) is 8.70. The lowest BCUT2D eigenvalue weighted by atomic mass is 9.83. The first-order chi connectivity index (χ1) is 17.2. The van der Waals surface area contributed by atoms with E-state index in [1.54, 1.807) is 0 Å². The maximum Gasteiger partial charge on any atom is 0.324 e. The second-order valence-electron chi connectivity index (χ2n) is 10.5. The smallest absolute Gasteiger partial charge is 0.324 e. The van der Waals surface area contributed by atoms with E-state index in [1.165, 1.54) is 17.4 Å². The molecule has 2 aliphatic heterocycles. The highest BCUT2D eigenvalue weighted by atomic mass is 32.2. The number of urea groups is 1. The number of nitrogens with zero attached hydrogens (tertiary/aromatic N) is 3. The van der Waals surface area contributed by atoms with Crippen LogP contribution >= 0.6 is 0 Å². The van der Waals surface area contributed by atoms with E-state index in [9.17, 15) is 18.0 Å². The van der Waals surface area contributed by atoms with Gasteiger partial charge in [-0.05, 0) is 87.1 Å². The highest BCUT2D eigenvalue weighted by molar-refractivity contribution is 7.88. The molecule has 0 radical (unpaired) electrons. The number of carbonyl (C=O) groups excluding carboxylic acids is 1. The molecule has 10 heteroatoms. The molecule has 2 heterocycles. The highest BCUT2D eigenvalue weighted by Gasteiger charge is 2.36. The molecule has 1 aliphatic carbocycles. The Kier molecular flexibility index (Phi) is 8.90. The van der Waals surface area contributed by atoms with E-state index in [-0.39, 0.29) is 18.5 Å². The number of fused-ring (bicyclic) bond motifs is 1. The lowest BCUT2D eigenvalue weighted by molar-refractivity contribution is -0.137. The van der Waals surface area contributed by atoms with E-state index in [0.717, 1.165) is 83.2 Å². The summed E-state index contributed by atoms with van der Waals surface area (Å²) in [5.41, 5.74) is 3.61. The van der Waals surface area contributed by atoms with Crippen molar-refractivity contribution in [3.63, 3.8) is 0 Å². The SMILES string of the molecule is CS(=O)(=O)NCCCN1CCc2ccc(N3CCN(C4CCC(CCC(=O)O)CC4)C3=O)cc2CC1. The monoisotopic (exact) mass is 520 g/mol. The third-order valence-electron chi connectivity index (χ3n) is 7.98. The number of carboxylic acids is 1. The average Bonchev–Trinajstić information content (AvgIpc) is 3.10. The number of aliphatic carboxylic acids is 1. The summed E-state index contributed by atoms with van der Waals surface area (Å²) in [6.45, 7) is 4.66. The third kappa shape index (κ3) is 7.20. The van der Waals surface area contributed by atoms with E-state index in [1.807, 2.05) is 9.80 Å². The van der Waals surface area contributed by atoms with Gasteiger partial charge in [0.25, 0.3) is 0 Å². The summed E-state index contributed by atoms with van der Waals surface area (Å²) in [7, 11) is -3.14. The summed E-state index contributed by atoms with van der Waals surface area (Å²) in [6.07, 6.45) is 8.76. The van der Waals surface area contributed by atoms with Crippen LogP contribution in [0.1, 0.15) is 56.1 Å². The van der Waals surface area contributed by atoms with Crippen molar-refractivity contribution in [1.82, 2.24) is 14.5 Å². The Morgan fingerprint density at radius 1 is 1.06 bits per heavy atom. The Balaban J connectivity index is 1.28. The fourth-order valence-corrected chi connectivity index (χ4v) is 6.43. The lowest BCUT2D eigenvalue weighted by Gasteiger charge is -2.34. The molecular weight excluding hydrogens is 480 g/mol. The topological polar surface area (TPSA) is 110 Å². The molecule has 0 spiro atoms. The van der Waals surface area contributed by atoms with Crippen LogP contribution < -0.4 is 9.62 Å². The Morgan fingerprint density at radius 2 is 1.78 bits per heavy atom. The number of hydrogen-bond donors (Lipinski definition) is 2. The summed E-state index contributed by atoms with van der Waals surface area (Å²) in [5.74, 6) is -0.260. The van der Waals surface area contributed by atoms with Crippen LogP contribution in [-0.4, -0.2) is 86.9 Å². The zero-order valence-electron chi connectivity index (χ0n) is 21.3. The number of amides is 2. The number of carbonyl (C=O) groups is 2. The zero-order chi connectivity index (χ0) is 25.7. The Morgan fingerprint density at radius 3 is 2.47 bits per heavy atom. The van der Waals surface area contributed by atoms with E-state index in [4.69, 9.17) is 5.11 Å². The van der Waals surface area contributed by atoms with Gasteiger partial charge in [0, 0.05) is 50.9 Å². The minimum Gasteiger partial charge on any atom is -0.481 e. The standard InChI is InChI=1S/C26H40N4O5S/c1-36(34,35)27-13-2-14-28-15-11-21-6-9-24(19-22(21)12-16-28)30-18-17-29(26(30)33)23-7-3-20(4-8-23)5-10-25(31)32/h6,9,19-20,23,27H,2-5,7-8,10-18H2,1H3,(H,31,32). The van der Waals surface area contributed by atoms with Gasteiger partial charge >= 0.3 is 12.0 Å². The van der Waals surface area contributed by atoms with E-state index in [0.29, 0.717) is 19.0 Å². The molecule has 3 aliphatic rings. The lowest BCUT2D eigenvalue weighted by Crippen LogP contribution is -2.41. The Labute approximate surface area is 214 Å². The van der Waals surface area contributed by atoms with Crippen molar-refractivity contribution in [3.05, 3.63) is 29.3 Å². The predicted molar refractivity (Wildman–Crippen MR) is 140 cm³/mol. The molecule has 1 saturated heterocycles. The van der Waals surface area contributed by atoms with E-state index in [2.05, 4.69) is 27.8 Å². The van der Waals surface area contributed by atoms with Crippen LogP contribution in [0.4, 0.5) is 10.5 Å². The van der Waals surface area contributed by atoms with Crippen LogP contribution in [0.2, 0.25) is 0 Å². The maximum atomic E-state index is 13.3. The van der Waals surface area contributed by atoms with Gasteiger partial charge in [-0.1, -0.05) is 6.07 Å². The zero-order valence-corrected chi connectivity index (χ0v) is 22.1. The van der Waals surface area contributed by atoms with Crippen molar-refractivity contribution in [2.75, 3.05) is 50.4 Å². The van der Waals surface area contributed by atoms with Gasteiger partial charge in [0.1, 0.15) is 0 Å². The number of carboxylic acid groups (broad SMARTS) is 1. The largest absolute Gasteiger partial charge is 0.481 e. The minimum atomic E-state index is -3.14. The molecule has 9 nitrogen and oxygen atoms in total. The molecule has 2 fully saturated rings. The minimum absolute atomic E-state index is 0.0950. The molecule has 1 aromatic rings. The molecule has 1 saturated carbocycles. The molecule has 2 N–H and O–H groups in total. The van der Waals surface area contributed by atoms with Crippen LogP contribution in [0.5, 0.6) is 0 Å². The maximum absolute atomic E-state index is 13.3. The Hall–Kier alpha value is -2.17. The summed E-state index contributed by atoms with van der Waals surface area (Å²) < 4.78 is 25.0. The summed E-state index contributed by atoms with van der Waals surface area (Å²) >= 11 is 0. The summed E-state index contributed by atoms with van der Waals surface area (Å²) in [6, 6.07) is 6.79. The molecule has 2 amide bonds. The van der Waals surface area contributed by atoms with Crippen LogP contribution in [-0.2, 0) is 27.7 Å². The van der Waals surface area contributed by atoms with Crippen LogP contribution in [0.15, 0.2) is 18.2 Å². The number of rotatable bonds is 10. The summed E-state index contributed by atoms with van der Waals surface area (Å²) in [5, 5.41) is 8.93. The first-order valence-electron chi connectivity index (χ1n) is 13.3. The van der Waals surface area contributed by atoms with E-state index < -0.39 is 16.0 Å². The number of nitrogens with one attached hydrogen (secondary N) is 1. The van der Waals surface area contributed by atoms with Crippen molar-refractivity contribution in [2.24, 2.45) is 5.92 Å². The van der Waals surface area contributed by atoms with Gasteiger partial charge in [0.2, 0.25) is 10.0 Å². The number of sulfonamides is 1. The van der Waals surface area contributed by atoms with Crippen LogP contribution in [0, 0.1) is 5.92 Å². The second-order valence-corrected chi connectivity index (χ2v) is 12.4. The van der Waals surface area contributed by atoms with Gasteiger partial charge in [-0.25, -0.2) is 17.9 Å². The highest BCUT2D eigenvalue weighted by Crippen LogP contribution is 2.33. The average molecular weight is 521 g/mol. The van der Waals surface area contributed by atoms with Crippen molar-refractivity contribution in [2.45, 2.75) is 63.8 Å². The first-order valence-corrected chi connectivity index (χ1v) is 15.2. The molecule has 0 atom stereocenters. The van der Waals surface area contributed by atoms with Crippen molar-refractivity contribution < 1.29 is 23.1 Å². The molecule has 0 aromatic heterocycles. The van der Waals surface area contributed by atoms with Crippen molar-refractivity contribution in [1.29, 1.82) is 0 Å². The second kappa shape index (κ2) is 11.9. The van der Waals surface area contributed by atoms with Gasteiger partial charge in [-0.15, -0.1) is 0 Å². The van der Waals surface area contributed by atoms with Crippen molar-refractivity contribution >= 4 is 27.7 Å². The van der Waals surface area contributed by atoms with Gasteiger partial charge in [-0.2, -0.15) is 0 Å². The molecule has 0 bridgehead atoms. The molecular formula is C26H40N4O5S. The normalized spacial score (nSPS) is 23.5. The molecule has 0 unspecified atom stereocenters. The fourth-order valence-electron chi connectivity index (χ4n) is 5.91. The quantitative estimate of drug-likeness (QED) is 0.459. The molecule has 1 aromatic carbocycles. The predicted octanol–water partition coefficient (Wildman–Crippen LogP) is 2.69. The van der Waals surface area contributed by atoms with Gasteiger partial charge in [0.15, 0.2) is 0 Å². The van der Waals surface area contributed by atoms with Gasteiger partial charge < -0.3 is 14.9 Å². The van der Waals surface area contributed by atoms with Crippen molar-refractivity contribution in [3.8, 4) is 0 Å². The first kappa shape index (κ1) is 26.9. The van der Waals surface area contributed by atoms with Gasteiger partial charge in [-0.3, -0.25) is 9.69 Å². The van der Waals surface area contributed by atoms with Crippen LogP contribution in [0.25, 0.3) is 0 Å². The molecule has 200 valence electrons. The molecule has 36 heavy (non-hydrogen) atoms. The Bertz CT molecular complexity index is 1040. The number of anilines is 1. The fraction of sp³-hybridized carbons (Fsp3) is 0.692. The number of hydrogen-bond acceptors (Lipinski definition) is 5. The number of benzene rings is 1.